The van der Waals surface area contributed by atoms with Gasteiger partial charge in [-0.2, -0.15) is 0 Å². The van der Waals surface area contributed by atoms with Crippen molar-refractivity contribution >= 4 is 23.5 Å². The molecule has 4 aliphatic carbocycles. The maximum Gasteiger partial charge on any atom is 0.329 e. The van der Waals surface area contributed by atoms with E-state index in [1.54, 1.807) is 4.90 Å². The van der Waals surface area contributed by atoms with Crippen LogP contribution in [0.3, 0.4) is 0 Å². The summed E-state index contributed by atoms with van der Waals surface area (Å²) in [6, 6.07) is 7.07. The molecule has 6 nitrogen and oxygen atoms in total. The fourth-order valence-electron chi connectivity index (χ4n) is 7.30. The molecular weight excluding hydrogens is 404 g/mol. The zero-order valence-corrected chi connectivity index (χ0v) is 19.0. The van der Waals surface area contributed by atoms with Crippen molar-refractivity contribution in [2.75, 3.05) is 18.5 Å². The van der Waals surface area contributed by atoms with Crippen molar-refractivity contribution in [1.29, 1.82) is 0 Å². The number of hydrogen-bond acceptors (Lipinski definition) is 4. The molecule has 1 aliphatic heterocycles. The number of aryl methyl sites for hydroxylation is 1. The molecule has 1 unspecified atom stereocenters. The lowest BCUT2D eigenvalue weighted by Crippen LogP contribution is -2.56. The third-order valence-electron chi connectivity index (χ3n) is 8.30. The van der Waals surface area contributed by atoms with Crippen LogP contribution in [0, 0.1) is 23.2 Å². The number of rotatable bonds is 6. The van der Waals surface area contributed by atoms with Crippen molar-refractivity contribution in [2.24, 2.45) is 23.2 Å². The molecule has 1 atom stereocenters. The van der Waals surface area contributed by atoms with Gasteiger partial charge < -0.3 is 15.0 Å². The molecule has 1 N–H and O–H groups in total. The molecule has 6 rings (SSSR count). The number of nitrogens with zero attached hydrogens (tertiary/aromatic N) is 1. The maximum absolute atomic E-state index is 13.7. The molecule has 172 valence electrons. The maximum atomic E-state index is 13.7. The summed E-state index contributed by atoms with van der Waals surface area (Å²) in [5.74, 6) is 1.45. The first kappa shape index (κ1) is 21.5. The Morgan fingerprint density at radius 2 is 1.72 bits per heavy atom. The molecule has 1 heterocycles. The zero-order chi connectivity index (χ0) is 22.3. The molecule has 1 saturated heterocycles. The molecule has 6 heteroatoms. The first-order chi connectivity index (χ1) is 15.5. The monoisotopic (exact) mass is 438 g/mol. The smallest absolute Gasteiger partial charge is 0.329 e. The molecule has 4 bridgehead atoms. The van der Waals surface area contributed by atoms with E-state index in [1.165, 1.54) is 19.3 Å². The summed E-state index contributed by atoms with van der Waals surface area (Å²) in [7, 11) is 0. The molecule has 0 spiro atoms. The van der Waals surface area contributed by atoms with Crippen LogP contribution in [0.25, 0.3) is 0 Å². The summed E-state index contributed by atoms with van der Waals surface area (Å²) in [4.78, 5) is 40.7. The van der Waals surface area contributed by atoms with E-state index in [-0.39, 0.29) is 23.8 Å². The van der Waals surface area contributed by atoms with Crippen molar-refractivity contribution < 1.29 is 19.1 Å². The Morgan fingerprint density at radius 1 is 1.06 bits per heavy atom. The molecule has 0 radical (unpaired) electrons. The van der Waals surface area contributed by atoms with Gasteiger partial charge >= 0.3 is 5.97 Å². The second-order valence-corrected chi connectivity index (χ2v) is 10.5. The van der Waals surface area contributed by atoms with E-state index in [2.05, 4.69) is 5.32 Å². The van der Waals surface area contributed by atoms with E-state index >= 15 is 0 Å². The Kier molecular flexibility index (Phi) is 5.72. The highest BCUT2D eigenvalue weighted by Crippen LogP contribution is 2.60. The van der Waals surface area contributed by atoms with E-state index in [9.17, 15) is 14.4 Å². The summed E-state index contributed by atoms with van der Waals surface area (Å²) >= 11 is 0. The van der Waals surface area contributed by atoms with Crippen LogP contribution in [0.2, 0.25) is 0 Å². The Bertz CT molecular complexity index is 876. The van der Waals surface area contributed by atoms with Crippen LogP contribution in [-0.4, -0.2) is 41.9 Å². The second kappa shape index (κ2) is 8.53. The molecule has 1 aromatic rings. The third-order valence-corrected chi connectivity index (χ3v) is 8.30. The largest absolute Gasteiger partial charge is 0.454 e. The van der Waals surface area contributed by atoms with Crippen LogP contribution in [0.1, 0.15) is 63.9 Å². The number of esters is 1. The van der Waals surface area contributed by atoms with Gasteiger partial charge in [0.1, 0.15) is 6.04 Å². The lowest BCUT2D eigenvalue weighted by Gasteiger charge is -2.56. The Labute approximate surface area is 190 Å². The molecule has 5 fully saturated rings. The van der Waals surface area contributed by atoms with Gasteiger partial charge in [-0.25, -0.2) is 4.79 Å². The second-order valence-electron chi connectivity index (χ2n) is 10.5. The van der Waals surface area contributed by atoms with Gasteiger partial charge in [-0.15, -0.1) is 0 Å². The van der Waals surface area contributed by atoms with E-state index in [0.29, 0.717) is 30.7 Å². The van der Waals surface area contributed by atoms with E-state index in [0.717, 1.165) is 43.4 Å². The van der Waals surface area contributed by atoms with Crippen LogP contribution in [0.15, 0.2) is 24.3 Å². The van der Waals surface area contributed by atoms with E-state index in [4.69, 9.17) is 4.74 Å². The van der Waals surface area contributed by atoms with Crippen LogP contribution >= 0.6 is 0 Å². The fourth-order valence-corrected chi connectivity index (χ4v) is 7.30. The molecular formula is C26H34N2O4. The highest BCUT2D eigenvalue weighted by Gasteiger charge is 2.57. The average Bonchev–Trinajstić information content (AvgIpc) is 3.26. The van der Waals surface area contributed by atoms with Crippen molar-refractivity contribution in [3.63, 3.8) is 0 Å². The Hall–Kier alpha value is -2.37. The molecule has 4 saturated carbocycles. The minimum atomic E-state index is -0.550. The Balaban J connectivity index is 1.20. The predicted molar refractivity (Wildman–Crippen MR) is 121 cm³/mol. The SMILES string of the molecule is CCc1ccccc1NC(=O)COC(=O)C1CCCN1C(=O)C12CC3CC(CC(C3)C1)C2. The van der Waals surface area contributed by atoms with Gasteiger partial charge in [0.15, 0.2) is 6.61 Å². The van der Waals surface area contributed by atoms with Crippen molar-refractivity contribution in [3.8, 4) is 0 Å². The van der Waals surface area contributed by atoms with Crippen LogP contribution in [0.4, 0.5) is 5.69 Å². The third kappa shape index (κ3) is 3.93. The predicted octanol–water partition coefficient (Wildman–Crippen LogP) is 3.94. The number of hydrogen-bond donors (Lipinski definition) is 1. The summed E-state index contributed by atoms with van der Waals surface area (Å²) in [6.45, 7) is 2.32. The van der Waals surface area contributed by atoms with Gasteiger partial charge in [0.25, 0.3) is 5.91 Å². The minimum Gasteiger partial charge on any atom is -0.454 e. The highest BCUT2D eigenvalue weighted by atomic mass is 16.5. The fraction of sp³-hybridized carbons (Fsp3) is 0.654. The number of anilines is 1. The number of benzene rings is 1. The number of ether oxygens (including phenoxy) is 1. The van der Waals surface area contributed by atoms with E-state index in [1.807, 2.05) is 31.2 Å². The minimum absolute atomic E-state index is 0.178. The summed E-state index contributed by atoms with van der Waals surface area (Å²) in [5, 5.41) is 2.83. The van der Waals surface area contributed by atoms with Gasteiger partial charge in [0, 0.05) is 12.2 Å². The molecule has 32 heavy (non-hydrogen) atoms. The number of carbonyl (C=O) groups excluding carboxylic acids is 3. The molecule has 0 aromatic heterocycles. The van der Waals surface area contributed by atoms with Gasteiger partial charge in [0.05, 0.1) is 5.41 Å². The summed E-state index contributed by atoms with van der Waals surface area (Å²) < 4.78 is 5.39. The number of likely N-dealkylation sites (tertiary alicyclic amines) is 1. The van der Waals surface area contributed by atoms with Crippen LogP contribution in [0.5, 0.6) is 0 Å². The summed E-state index contributed by atoms with van der Waals surface area (Å²) in [6.07, 6.45) is 9.09. The van der Waals surface area contributed by atoms with Gasteiger partial charge in [-0.05, 0) is 87.2 Å². The van der Waals surface area contributed by atoms with Crippen molar-refractivity contribution in [1.82, 2.24) is 4.90 Å². The first-order valence-corrected chi connectivity index (χ1v) is 12.3. The number of amides is 2. The van der Waals surface area contributed by atoms with Gasteiger partial charge in [-0.3, -0.25) is 9.59 Å². The average molecular weight is 439 g/mol. The quantitative estimate of drug-likeness (QED) is 0.683. The van der Waals surface area contributed by atoms with Crippen LogP contribution < -0.4 is 5.32 Å². The van der Waals surface area contributed by atoms with E-state index < -0.39 is 12.0 Å². The molecule has 5 aliphatic rings. The molecule has 1 aromatic carbocycles. The topological polar surface area (TPSA) is 75.7 Å². The Morgan fingerprint density at radius 3 is 2.38 bits per heavy atom. The highest BCUT2D eigenvalue weighted by molar-refractivity contribution is 5.94. The van der Waals surface area contributed by atoms with Crippen molar-refractivity contribution in [2.45, 2.75) is 70.8 Å². The number of carbonyl (C=O) groups is 3. The van der Waals surface area contributed by atoms with Crippen LogP contribution in [-0.2, 0) is 25.5 Å². The standard InChI is InChI=1S/C26H34N2O4/c1-2-20-6-3-4-7-21(20)27-23(29)16-32-24(30)22-8-5-9-28(22)25(31)26-13-17-10-18(14-26)12-19(11-17)15-26/h3-4,6-7,17-19,22H,2,5,8-16H2,1H3,(H,27,29). The first-order valence-electron chi connectivity index (χ1n) is 12.3. The normalized spacial score (nSPS) is 32.7. The van der Waals surface area contributed by atoms with Gasteiger partial charge in [0.2, 0.25) is 5.91 Å². The number of para-hydroxylation sites is 1. The van der Waals surface area contributed by atoms with Gasteiger partial charge in [-0.1, -0.05) is 25.1 Å². The van der Waals surface area contributed by atoms with Crippen molar-refractivity contribution in [3.05, 3.63) is 29.8 Å². The zero-order valence-electron chi connectivity index (χ0n) is 19.0. The summed E-state index contributed by atoms with van der Waals surface area (Å²) in [5.41, 5.74) is 1.53. The lowest BCUT2D eigenvalue weighted by atomic mass is 9.49. The number of nitrogens with one attached hydrogen (secondary N) is 1. The molecule has 2 amide bonds. The lowest BCUT2D eigenvalue weighted by molar-refractivity contribution is -0.165.